The van der Waals surface area contributed by atoms with Crippen molar-refractivity contribution >= 4 is 54.9 Å². The highest BCUT2D eigenvalue weighted by Crippen LogP contribution is 2.37. The van der Waals surface area contributed by atoms with Gasteiger partial charge in [-0.25, -0.2) is 14.4 Å². The zero-order valence-electron chi connectivity index (χ0n) is 46.4. The van der Waals surface area contributed by atoms with Gasteiger partial charge in [-0.1, -0.05) is 103 Å². The second-order valence-electron chi connectivity index (χ2n) is 20.4. The van der Waals surface area contributed by atoms with E-state index < -0.39 is 116 Å². The van der Waals surface area contributed by atoms with Crippen LogP contribution in [0.25, 0.3) is 0 Å². The van der Waals surface area contributed by atoms with Gasteiger partial charge in [0.05, 0.1) is 13.2 Å². The van der Waals surface area contributed by atoms with Crippen molar-refractivity contribution in [3.05, 3.63) is 59.2 Å². The summed E-state index contributed by atoms with van der Waals surface area (Å²) in [6, 6.07) is 4.31. The highest BCUT2D eigenvalue weighted by Gasteiger charge is 2.37. The number of benzene rings is 1. The van der Waals surface area contributed by atoms with Crippen LogP contribution in [-0.2, 0) is 63.3 Å². The fraction of sp³-hybridized carbons (Fsp3) is 0.667. The summed E-state index contributed by atoms with van der Waals surface area (Å²) in [5.74, 6) is -6.20. The number of likely N-dealkylation sites (N-methyl/N-ethyl adjacent to an activating group) is 2. The monoisotopic (exact) mass is 1060 g/mol. The number of nitrogens with zero attached hydrogens (tertiary/aromatic N) is 2. The second-order valence-corrected chi connectivity index (χ2v) is 23.1. The normalized spacial score (nSPS) is 25.5. The predicted octanol–water partition coefficient (Wildman–Crippen LogP) is 6.48. The maximum Gasteiger partial charge on any atom is 0.407 e. The summed E-state index contributed by atoms with van der Waals surface area (Å²) in [7, 11) is 0.305. The van der Waals surface area contributed by atoms with E-state index in [4.69, 9.17) is 18.7 Å². The Hall–Kier alpha value is -5.55. The lowest BCUT2D eigenvalue weighted by Crippen LogP contribution is -2.57. The lowest BCUT2D eigenvalue weighted by atomic mass is 9.90. The number of alkyl carbamates (subject to hydrolysis) is 1. The first kappa shape index (κ1) is 64.6. The Morgan fingerprint density at radius 1 is 0.878 bits per heavy atom. The van der Waals surface area contributed by atoms with Gasteiger partial charge in [0.15, 0.2) is 13.5 Å². The molecule has 4 N–H and O–H groups in total. The van der Waals surface area contributed by atoms with Crippen LogP contribution in [0.5, 0.6) is 0 Å². The molecule has 1 aliphatic rings. The number of nitrogens with one attached hydrogen (secondary N) is 4. The van der Waals surface area contributed by atoms with Crippen molar-refractivity contribution in [2.75, 3.05) is 47.1 Å². The molecule has 0 bridgehead atoms. The number of allylic oxidation sites excluding steroid dienone is 1. The summed E-state index contributed by atoms with van der Waals surface area (Å²) in [4.78, 5) is 114. The lowest BCUT2D eigenvalue weighted by Gasteiger charge is -2.33. The first-order valence-electron chi connectivity index (χ1n) is 26.0. The van der Waals surface area contributed by atoms with Crippen molar-refractivity contribution < 1.29 is 61.7 Å². The smallest absolute Gasteiger partial charge is 0.407 e. The van der Waals surface area contributed by atoms with E-state index in [0.717, 1.165) is 36.1 Å². The van der Waals surface area contributed by atoms with Gasteiger partial charge in [0, 0.05) is 58.3 Å². The molecular formula is C54H87N6O13P. The van der Waals surface area contributed by atoms with Crippen LogP contribution in [0.2, 0.25) is 0 Å². The van der Waals surface area contributed by atoms with Gasteiger partial charge >= 0.3 is 18.0 Å². The third kappa shape index (κ3) is 22.5. The Morgan fingerprint density at radius 2 is 1.50 bits per heavy atom. The number of hydrogen-bond acceptors (Lipinski definition) is 13. The molecule has 0 spiro atoms. The molecular weight excluding hydrogens is 972 g/mol. The first-order chi connectivity index (χ1) is 34.7. The van der Waals surface area contributed by atoms with Crippen LogP contribution in [0.1, 0.15) is 126 Å². The van der Waals surface area contributed by atoms with Crippen molar-refractivity contribution in [1.82, 2.24) is 31.1 Å². The highest BCUT2D eigenvalue weighted by molar-refractivity contribution is 7.57. The van der Waals surface area contributed by atoms with Crippen LogP contribution in [0, 0.1) is 17.8 Å². The van der Waals surface area contributed by atoms with Gasteiger partial charge in [0.2, 0.25) is 23.6 Å². The molecule has 0 aliphatic carbocycles. The van der Waals surface area contributed by atoms with E-state index in [9.17, 15) is 42.9 Å². The van der Waals surface area contributed by atoms with Crippen LogP contribution in [0.4, 0.5) is 4.79 Å². The number of unbranched alkanes of at least 4 members (excludes halogenated alkanes) is 4. The molecule has 0 radical (unpaired) electrons. The van der Waals surface area contributed by atoms with Gasteiger partial charge < -0.3 is 49.8 Å². The molecule has 19 nitrogen and oxygen atoms in total. The van der Waals surface area contributed by atoms with Crippen LogP contribution >= 0.6 is 7.37 Å². The molecule has 1 aromatic carbocycles. The summed E-state index contributed by atoms with van der Waals surface area (Å²) >= 11 is 0. The molecule has 0 saturated heterocycles. The summed E-state index contributed by atoms with van der Waals surface area (Å²) in [5, 5.41) is 10.9. The quantitative estimate of drug-likeness (QED) is 0.0430. The molecule has 1 unspecified atom stereocenters. The van der Waals surface area contributed by atoms with Gasteiger partial charge in [-0.15, -0.1) is 0 Å². The molecule has 0 aromatic heterocycles. The Kier molecular flexibility index (Phi) is 27.9. The second kappa shape index (κ2) is 32.0. The standard InChI is InChI=1S/C54H87N6O13P/c1-15-35(5)46-49(63)57-40(10)53(67)73-47(36(6)16-2)38(8)43(72-54(68)55-29-23-18-17-19-24-30-70-74(13,14)69)28-27-37(7)52(66)71-44(31-34(3)4)48(62)56-39(9)50(64)60(12)42(32-41-25-21-20-22-26-41)51(65)59(11)33-45(61)58-46/h16,20-22,25-27,34-35,38-40,42-44,46-47H,15,17-19,23-24,28-33H2,1-14H3,(H,55,68)(H,56,62)(H,57,63)(H,58,61)/b36-16+,37-27+/t35?,38-,39-,40+,42+,43-,44+,46-,47+/m0/s1. The van der Waals surface area contributed by atoms with E-state index in [1.165, 1.54) is 45.8 Å². The number of esters is 2. The molecule has 6 amide bonds. The van der Waals surface area contributed by atoms with Crippen molar-refractivity contribution in [3.8, 4) is 0 Å². The molecule has 74 heavy (non-hydrogen) atoms. The maximum atomic E-state index is 14.3. The molecule has 20 heteroatoms. The third-order valence-corrected chi connectivity index (χ3v) is 13.9. The van der Waals surface area contributed by atoms with E-state index in [1.54, 1.807) is 71.4 Å². The highest BCUT2D eigenvalue weighted by atomic mass is 31.2. The van der Waals surface area contributed by atoms with Gasteiger partial charge in [-0.05, 0) is 76.9 Å². The molecule has 9 atom stereocenters. The van der Waals surface area contributed by atoms with Crippen molar-refractivity contribution in [1.29, 1.82) is 0 Å². The van der Waals surface area contributed by atoms with Crippen molar-refractivity contribution in [3.63, 3.8) is 0 Å². The molecule has 1 heterocycles. The number of carbonyl (C=O) groups excluding carboxylic acids is 8. The van der Waals surface area contributed by atoms with E-state index in [-0.39, 0.29) is 30.8 Å². The van der Waals surface area contributed by atoms with Gasteiger partial charge in [-0.3, -0.25) is 28.5 Å². The predicted molar refractivity (Wildman–Crippen MR) is 284 cm³/mol. The SMILES string of the molecule is C/C=C(\C)[C@H]1OC(=O)[C@@H](C)NC(=O)[C@H](C(C)CC)NC(=O)CN(C)C(=O)[C@@H](Cc2ccccc2)N(C)C(=O)[C@H](C)NC(=O)[C@@H](CC(C)C)OC(=O)/C(C)=C/C[C@H](OC(=O)NCCCCCCCOP(C)(C)=O)[C@@H]1C. The average Bonchev–Trinajstić information content (AvgIpc) is 3.34. The fourth-order valence-electron chi connectivity index (χ4n) is 8.10. The van der Waals surface area contributed by atoms with Crippen molar-refractivity contribution in [2.24, 2.45) is 17.8 Å². The Balaban J connectivity index is 2.61. The molecule has 0 fully saturated rings. The van der Waals surface area contributed by atoms with E-state index >= 15 is 0 Å². The Labute approximate surface area is 439 Å². The first-order valence-corrected chi connectivity index (χ1v) is 28.5. The van der Waals surface area contributed by atoms with Gasteiger partial charge in [-0.2, -0.15) is 0 Å². The largest absolute Gasteiger partial charge is 0.456 e. The number of hydrogen-bond donors (Lipinski definition) is 4. The third-order valence-electron chi connectivity index (χ3n) is 13.1. The maximum absolute atomic E-state index is 14.3. The number of amides is 6. The van der Waals surface area contributed by atoms with E-state index in [1.807, 2.05) is 26.8 Å². The van der Waals surface area contributed by atoms with Crippen LogP contribution < -0.4 is 21.3 Å². The molecule has 0 saturated carbocycles. The van der Waals surface area contributed by atoms with E-state index in [0.29, 0.717) is 31.6 Å². The van der Waals surface area contributed by atoms with Crippen LogP contribution in [0.15, 0.2) is 53.6 Å². The minimum Gasteiger partial charge on any atom is -0.456 e. The molecule has 2 rings (SSSR count). The van der Waals surface area contributed by atoms with Crippen LogP contribution in [0.3, 0.4) is 0 Å². The minimum atomic E-state index is -2.53. The van der Waals surface area contributed by atoms with Crippen molar-refractivity contribution in [2.45, 2.75) is 170 Å². The summed E-state index contributed by atoms with van der Waals surface area (Å²) in [6.45, 7) is 20.3. The summed E-state index contributed by atoms with van der Waals surface area (Å²) in [5.41, 5.74) is 1.42. The van der Waals surface area contributed by atoms with Gasteiger partial charge in [0.1, 0.15) is 36.4 Å². The average molecular weight is 1060 g/mol. The summed E-state index contributed by atoms with van der Waals surface area (Å²) in [6.07, 6.45) is 3.77. The lowest BCUT2D eigenvalue weighted by molar-refractivity contribution is -0.155. The zero-order chi connectivity index (χ0) is 55.9. The van der Waals surface area contributed by atoms with E-state index in [2.05, 4.69) is 21.3 Å². The van der Waals surface area contributed by atoms with Gasteiger partial charge in [0.25, 0.3) is 5.91 Å². The number of cyclic esters (lactones) is 2. The zero-order valence-corrected chi connectivity index (χ0v) is 47.3. The fourth-order valence-corrected chi connectivity index (χ4v) is 8.67. The summed E-state index contributed by atoms with van der Waals surface area (Å²) < 4.78 is 35.1. The van der Waals surface area contributed by atoms with Crippen LogP contribution in [-0.4, -0.2) is 147 Å². The number of rotatable bonds is 17. The topological polar surface area (TPSA) is 245 Å². The number of carbonyl (C=O) groups is 8. The Morgan fingerprint density at radius 3 is 2.11 bits per heavy atom. The molecule has 416 valence electrons. The molecule has 1 aliphatic heterocycles. The Bertz CT molecular complexity index is 2150. The number of ether oxygens (including phenoxy) is 3. The minimum absolute atomic E-state index is 0.0510. The molecule has 1 aromatic rings.